The summed E-state index contributed by atoms with van der Waals surface area (Å²) in [5.41, 5.74) is 0.241. The first-order valence-electron chi connectivity index (χ1n) is 8.03. The van der Waals surface area contributed by atoms with Gasteiger partial charge in [0, 0.05) is 43.8 Å². The molecule has 0 unspecified atom stereocenters. The van der Waals surface area contributed by atoms with E-state index in [1.807, 2.05) is 9.80 Å². The molecule has 4 nitrogen and oxygen atoms in total. The van der Waals surface area contributed by atoms with E-state index in [0.717, 1.165) is 32.6 Å². The molecule has 1 rings (SSSR count). The van der Waals surface area contributed by atoms with Gasteiger partial charge in [0.05, 0.1) is 0 Å². The van der Waals surface area contributed by atoms with Crippen LogP contribution in [-0.2, 0) is 0 Å². The van der Waals surface area contributed by atoms with Crippen molar-refractivity contribution in [3.8, 4) is 0 Å². The van der Waals surface area contributed by atoms with Crippen LogP contribution in [0.2, 0.25) is 0 Å². The fourth-order valence-electron chi connectivity index (χ4n) is 2.93. The van der Waals surface area contributed by atoms with Crippen molar-refractivity contribution in [1.82, 2.24) is 14.7 Å². The number of nitrogens with zero attached hydrogens (tertiary/aromatic N) is 3. The lowest BCUT2D eigenvalue weighted by molar-refractivity contribution is 0.0473. The van der Waals surface area contributed by atoms with Crippen LogP contribution in [0.3, 0.4) is 0 Å². The Balaban J connectivity index is 2.63. The first-order chi connectivity index (χ1) is 9.20. The van der Waals surface area contributed by atoms with Crippen molar-refractivity contribution < 1.29 is 4.79 Å². The van der Waals surface area contributed by atoms with E-state index in [1.54, 1.807) is 0 Å². The highest BCUT2D eigenvalue weighted by molar-refractivity contribution is 5.75. The lowest BCUT2D eigenvalue weighted by Crippen LogP contribution is -2.59. The summed E-state index contributed by atoms with van der Waals surface area (Å²) in [4.78, 5) is 19.1. The van der Waals surface area contributed by atoms with Gasteiger partial charge in [-0.3, -0.25) is 4.90 Å². The summed E-state index contributed by atoms with van der Waals surface area (Å²) in [6.45, 7) is 18.8. The topological polar surface area (TPSA) is 26.8 Å². The van der Waals surface area contributed by atoms with Crippen LogP contribution in [0.5, 0.6) is 0 Å². The molecule has 1 aliphatic rings. The van der Waals surface area contributed by atoms with Gasteiger partial charge in [-0.25, -0.2) is 4.79 Å². The fourth-order valence-corrected chi connectivity index (χ4v) is 2.93. The number of amides is 2. The predicted molar refractivity (Wildman–Crippen MR) is 85.0 cm³/mol. The molecule has 0 aromatic heterocycles. The minimum atomic E-state index is 0.198. The van der Waals surface area contributed by atoms with Crippen molar-refractivity contribution in [3.05, 3.63) is 0 Å². The summed E-state index contributed by atoms with van der Waals surface area (Å²) in [6, 6.07) is 0.712. The molecule has 0 saturated carbocycles. The molecule has 0 aliphatic carbocycles. The Morgan fingerprint density at radius 3 is 1.85 bits per heavy atom. The molecule has 0 N–H and O–H groups in total. The molecular formula is C16H33N3O. The molecule has 1 aliphatic heterocycles. The third-order valence-corrected chi connectivity index (χ3v) is 4.61. The third kappa shape index (κ3) is 3.87. The lowest BCUT2D eigenvalue weighted by atomic mass is 9.98. The first-order valence-corrected chi connectivity index (χ1v) is 8.03. The van der Waals surface area contributed by atoms with Gasteiger partial charge in [-0.2, -0.15) is 0 Å². The molecule has 0 bridgehead atoms. The second kappa shape index (κ2) is 6.79. The van der Waals surface area contributed by atoms with Crippen molar-refractivity contribution in [3.63, 3.8) is 0 Å². The van der Waals surface area contributed by atoms with Crippen molar-refractivity contribution in [2.45, 2.75) is 72.5 Å². The number of rotatable bonds is 4. The Labute approximate surface area is 125 Å². The zero-order chi connectivity index (χ0) is 15.5. The minimum Gasteiger partial charge on any atom is -0.322 e. The summed E-state index contributed by atoms with van der Waals surface area (Å²) in [5.74, 6) is 0. The largest absolute Gasteiger partial charge is 0.322 e. The number of urea groups is 1. The lowest BCUT2D eigenvalue weighted by Gasteiger charge is -2.45. The van der Waals surface area contributed by atoms with Gasteiger partial charge in [0.2, 0.25) is 0 Å². The summed E-state index contributed by atoms with van der Waals surface area (Å²) in [6.07, 6.45) is 1.14. The molecule has 0 radical (unpaired) electrons. The molecule has 0 atom stereocenters. The van der Waals surface area contributed by atoms with Crippen molar-refractivity contribution in [1.29, 1.82) is 0 Å². The van der Waals surface area contributed by atoms with E-state index >= 15 is 0 Å². The molecule has 0 aromatic rings. The summed E-state index contributed by atoms with van der Waals surface area (Å²) >= 11 is 0. The molecular weight excluding hydrogens is 250 g/mol. The van der Waals surface area contributed by atoms with E-state index in [4.69, 9.17) is 0 Å². The zero-order valence-corrected chi connectivity index (χ0v) is 14.4. The Hall–Kier alpha value is -0.770. The van der Waals surface area contributed by atoms with E-state index in [1.165, 1.54) is 0 Å². The average molecular weight is 283 g/mol. The molecule has 0 spiro atoms. The highest BCUT2D eigenvalue weighted by Gasteiger charge is 2.32. The predicted octanol–water partition coefficient (Wildman–Crippen LogP) is 3.03. The second-order valence-electron chi connectivity index (χ2n) is 7.02. The normalized spacial score (nSPS) is 17.9. The van der Waals surface area contributed by atoms with Gasteiger partial charge in [-0.15, -0.1) is 0 Å². The van der Waals surface area contributed by atoms with E-state index in [9.17, 15) is 4.79 Å². The number of carbonyl (C=O) groups excluding carboxylic acids is 1. The van der Waals surface area contributed by atoms with Crippen molar-refractivity contribution >= 4 is 6.03 Å². The van der Waals surface area contributed by atoms with Crippen LogP contribution in [0.1, 0.15) is 54.9 Å². The summed E-state index contributed by atoms with van der Waals surface area (Å²) < 4.78 is 0. The maximum Gasteiger partial charge on any atom is 0.320 e. The van der Waals surface area contributed by atoms with Crippen molar-refractivity contribution in [2.75, 3.05) is 26.2 Å². The highest BCUT2D eigenvalue weighted by Crippen LogP contribution is 2.21. The maximum absolute atomic E-state index is 12.6. The molecule has 2 amide bonds. The van der Waals surface area contributed by atoms with Crippen LogP contribution in [0.4, 0.5) is 4.79 Å². The number of hydrogen-bond acceptors (Lipinski definition) is 2. The van der Waals surface area contributed by atoms with Gasteiger partial charge in [0.25, 0.3) is 0 Å². The smallest absolute Gasteiger partial charge is 0.320 e. The van der Waals surface area contributed by atoms with Crippen molar-refractivity contribution in [2.24, 2.45) is 0 Å². The van der Waals surface area contributed by atoms with Gasteiger partial charge in [-0.1, -0.05) is 6.92 Å². The van der Waals surface area contributed by atoms with Crippen LogP contribution in [0, 0.1) is 0 Å². The molecule has 20 heavy (non-hydrogen) atoms. The van der Waals surface area contributed by atoms with E-state index in [0.29, 0.717) is 0 Å². The highest BCUT2D eigenvalue weighted by atomic mass is 16.2. The molecule has 1 fully saturated rings. The van der Waals surface area contributed by atoms with Crippen LogP contribution in [-0.4, -0.2) is 64.5 Å². The maximum atomic E-state index is 12.6. The number of piperazine rings is 1. The first kappa shape index (κ1) is 17.3. The van der Waals surface area contributed by atoms with E-state index < -0.39 is 0 Å². The minimum absolute atomic E-state index is 0.198. The van der Waals surface area contributed by atoms with Crippen LogP contribution >= 0.6 is 0 Å². The molecule has 1 heterocycles. The van der Waals surface area contributed by atoms with Gasteiger partial charge in [0.15, 0.2) is 0 Å². The Morgan fingerprint density at radius 2 is 1.50 bits per heavy atom. The number of carbonyl (C=O) groups is 1. The Kier molecular flexibility index (Phi) is 5.87. The second-order valence-corrected chi connectivity index (χ2v) is 7.02. The monoisotopic (exact) mass is 283 g/mol. The standard InChI is InChI=1S/C16H33N3O/c1-8-16(6,7)18-11-9-17(10-12-18)15(20)19(13(2)3)14(4)5/h13-14H,8-12H2,1-7H3. The third-order valence-electron chi connectivity index (χ3n) is 4.61. The van der Waals surface area contributed by atoms with Crippen LogP contribution < -0.4 is 0 Å². The van der Waals surface area contributed by atoms with Gasteiger partial charge in [-0.05, 0) is 48.0 Å². The summed E-state index contributed by atoms with van der Waals surface area (Å²) in [7, 11) is 0. The quantitative estimate of drug-likeness (QED) is 0.793. The molecule has 0 aromatic carbocycles. The molecule has 4 heteroatoms. The summed E-state index contributed by atoms with van der Waals surface area (Å²) in [5, 5.41) is 0. The van der Waals surface area contributed by atoms with Crippen LogP contribution in [0.15, 0.2) is 0 Å². The molecule has 1 saturated heterocycles. The Morgan fingerprint density at radius 1 is 1.05 bits per heavy atom. The van der Waals surface area contributed by atoms with Gasteiger partial charge in [0.1, 0.15) is 0 Å². The molecule has 118 valence electrons. The SMILES string of the molecule is CCC(C)(C)N1CCN(C(=O)N(C(C)C)C(C)C)CC1. The number of hydrogen-bond donors (Lipinski definition) is 0. The van der Waals surface area contributed by atoms with Crippen LogP contribution in [0.25, 0.3) is 0 Å². The average Bonchev–Trinajstić information content (AvgIpc) is 2.38. The zero-order valence-electron chi connectivity index (χ0n) is 14.4. The fraction of sp³-hybridized carbons (Fsp3) is 0.938. The Bertz CT molecular complexity index is 310. The van der Waals surface area contributed by atoms with E-state index in [2.05, 4.69) is 53.4 Å². The van der Waals surface area contributed by atoms with Gasteiger partial charge < -0.3 is 9.80 Å². The van der Waals surface area contributed by atoms with Gasteiger partial charge >= 0.3 is 6.03 Å². The van der Waals surface area contributed by atoms with E-state index in [-0.39, 0.29) is 23.7 Å².